The highest BCUT2D eigenvalue weighted by Crippen LogP contribution is 2.23. The Hall–Kier alpha value is -2.33. The van der Waals surface area contributed by atoms with Gasteiger partial charge in [0, 0.05) is 25.5 Å². The van der Waals surface area contributed by atoms with Crippen molar-refractivity contribution in [2.45, 2.75) is 38.4 Å². The number of hydrogen-bond acceptors (Lipinski definition) is 6. The highest BCUT2D eigenvalue weighted by atomic mass is 32.2. The van der Waals surface area contributed by atoms with Crippen LogP contribution in [0, 0.1) is 6.92 Å². The summed E-state index contributed by atoms with van der Waals surface area (Å²) in [4.78, 5) is 16.0. The summed E-state index contributed by atoms with van der Waals surface area (Å²) in [6.45, 7) is 3.21. The molecule has 1 saturated heterocycles. The molecule has 1 atom stereocenters. The number of benzene rings is 1. The van der Waals surface area contributed by atoms with Crippen LogP contribution in [0.25, 0.3) is 0 Å². The number of nitrogens with one attached hydrogen (secondary N) is 1. The fraction of sp³-hybridized carbons (Fsp3) is 0.429. The van der Waals surface area contributed by atoms with Gasteiger partial charge in [0.25, 0.3) is 5.91 Å². The van der Waals surface area contributed by atoms with Crippen LogP contribution < -0.4 is 5.48 Å². The molecule has 1 amide bonds. The minimum atomic E-state index is -3.71. The molecule has 2 heterocycles. The third-order valence-electron chi connectivity index (χ3n) is 5.42. The first kappa shape index (κ1) is 22.4. The molecule has 2 N–H and O–H groups in total. The maximum Gasteiger partial charge on any atom is 0.252 e. The van der Waals surface area contributed by atoms with Crippen molar-refractivity contribution in [1.82, 2.24) is 14.8 Å². The first-order valence-corrected chi connectivity index (χ1v) is 11.5. The van der Waals surface area contributed by atoms with Gasteiger partial charge in [-0.1, -0.05) is 30.3 Å². The molecule has 1 fully saturated rings. The van der Waals surface area contributed by atoms with Gasteiger partial charge in [-0.2, -0.15) is 0 Å². The molecule has 1 aromatic heterocycles. The van der Waals surface area contributed by atoms with Gasteiger partial charge in [0.05, 0.1) is 24.4 Å². The van der Waals surface area contributed by atoms with Gasteiger partial charge < -0.3 is 4.74 Å². The lowest BCUT2D eigenvalue weighted by atomic mass is 10.0. The summed E-state index contributed by atoms with van der Waals surface area (Å²) >= 11 is 0. The molecular formula is C21H27N3O5S. The molecule has 30 heavy (non-hydrogen) atoms. The number of rotatable bonds is 8. The monoisotopic (exact) mass is 433 g/mol. The maximum absolute atomic E-state index is 12.9. The molecule has 0 bridgehead atoms. The SMILES string of the molecule is Cc1ccccc1COC1CCN(S(=O)(=O)C[C@@H](C(=O)NO)c2cccnc2)CC1. The number of sulfonamides is 1. The Morgan fingerprint density at radius 1 is 1.27 bits per heavy atom. The Bertz CT molecular complexity index is 944. The van der Waals surface area contributed by atoms with E-state index in [-0.39, 0.29) is 6.10 Å². The van der Waals surface area contributed by atoms with Crippen molar-refractivity contribution in [2.75, 3.05) is 18.8 Å². The number of hydrogen-bond donors (Lipinski definition) is 2. The highest BCUT2D eigenvalue weighted by molar-refractivity contribution is 7.89. The predicted octanol–water partition coefficient (Wildman–Crippen LogP) is 1.99. The zero-order chi connectivity index (χ0) is 21.6. The minimum Gasteiger partial charge on any atom is -0.373 e. The molecule has 1 aliphatic rings. The molecule has 0 unspecified atom stereocenters. The quantitative estimate of drug-likeness (QED) is 0.487. The molecule has 9 heteroatoms. The lowest BCUT2D eigenvalue weighted by molar-refractivity contribution is -0.130. The van der Waals surface area contributed by atoms with E-state index in [0.717, 1.165) is 5.56 Å². The molecule has 0 saturated carbocycles. The van der Waals surface area contributed by atoms with Gasteiger partial charge in [0.15, 0.2) is 0 Å². The number of hydroxylamine groups is 1. The second-order valence-corrected chi connectivity index (χ2v) is 9.44. The number of carbonyl (C=O) groups is 1. The van der Waals surface area contributed by atoms with Crippen LogP contribution in [0.2, 0.25) is 0 Å². The van der Waals surface area contributed by atoms with Gasteiger partial charge >= 0.3 is 0 Å². The predicted molar refractivity (Wildman–Crippen MR) is 111 cm³/mol. The first-order chi connectivity index (χ1) is 14.4. The Labute approximate surface area is 176 Å². The molecule has 0 spiro atoms. The summed E-state index contributed by atoms with van der Waals surface area (Å²) in [5, 5.41) is 9.04. The number of pyridine rings is 1. The number of aryl methyl sites for hydroxylation is 1. The largest absolute Gasteiger partial charge is 0.373 e. The van der Waals surface area contributed by atoms with Crippen molar-refractivity contribution in [3.8, 4) is 0 Å². The lowest BCUT2D eigenvalue weighted by Crippen LogP contribution is -2.44. The van der Waals surface area contributed by atoms with E-state index >= 15 is 0 Å². The number of aromatic nitrogens is 1. The topological polar surface area (TPSA) is 109 Å². The summed E-state index contributed by atoms with van der Waals surface area (Å²) in [5.74, 6) is -2.24. The molecule has 0 radical (unpaired) electrons. The second kappa shape index (κ2) is 10.1. The van der Waals surface area contributed by atoms with Gasteiger partial charge in [-0.05, 0) is 42.5 Å². The van der Waals surface area contributed by atoms with Crippen molar-refractivity contribution in [2.24, 2.45) is 0 Å². The first-order valence-electron chi connectivity index (χ1n) is 9.88. The molecule has 0 aliphatic carbocycles. The summed E-state index contributed by atoms with van der Waals surface area (Å²) in [6, 6.07) is 11.3. The van der Waals surface area contributed by atoms with E-state index in [1.165, 1.54) is 22.3 Å². The Kier molecular flexibility index (Phi) is 7.54. The van der Waals surface area contributed by atoms with Crippen LogP contribution in [-0.4, -0.2) is 53.8 Å². The average Bonchev–Trinajstić information content (AvgIpc) is 2.77. The maximum atomic E-state index is 12.9. The van der Waals surface area contributed by atoms with Gasteiger partial charge in [-0.15, -0.1) is 0 Å². The molecular weight excluding hydrogens is 406 g/mol. The van der Waals surface area contributed by atoms with Gasteiger partial charge in [0.1, 0.15) is 0 Å². The van der Waals surface area contributed by atoms with E-state index in [1.54, 1.807) is 17.6 Å². The van der Waals surface area contributed by atoms with Crippen LogP contribution in [0.1, 0.15) is 35.4 Å². The molecule has 3 rings (SSSR count). The number of piperidine rings is 1. The molecule has 162 valence electrons. The minimum absolute atomic E-state index is 0.00841. The van der Waals surface area contributed by atoms with Crippen LogP contribution in [0.4, 0.5) is 0 Å². The van der Waals surface area contributed by atoms with Crippen molar-refractivity contribution in [3.05, 3.63) is 65.5 Å². The van der Waals surface area contributed by atoms with Crippen LogP contribution >= 0.6 is 0 Å². The van der Waals surface area contributed by atoms with Crippen LogP contribution in [0.15, 0.2) is 48.8 Å². The molecule has 2 aromatic rings. The van der Waals surface area contributed by atoms with Gasteiger partial charge in [0.2, 0.25) is 10.0 Å². The van der Waals surface area contributed by atoms with E-state index in [0.29, 0.717) is 38.1 Å². The van der Waals surface area contributed by atoms with Crippen LogP contribution in [-0.2, 0) is 26.2 Å². The normalized spacial score (nSPS) is 16.9. The number of carbonyl (C=O) groups excluding carboxylic acids is 1. The van der Waals surface area contributed by atoms with E-state index < -0.39 is 27.6 Å². The fourth-order valence-corrected chi connectivity index (χ4v) is 5.30. The fourth-order valence-electron chi connectivity index (χ4n) is 3.56. The van der Waals surface area contributed by atoms with Crippen LogP contribution in [0.3, 0.4) is 0 Å². The highest BCUT2D eigenvalue weighted by Gasteiger charge is 2.33. The third kappa shape index (κ3) is 5.63. The second-order valence-electron chi connectivity index (χ2n) is 7.43. The zero-order valence-corrected chi connectivity index (χ0v) is 17.7. The summed E-state index contributed by atoms with van der Waals surface area (Å²) < 4.78 is 33.2. The summed E-state index contributed by atoms with van der Waals surface area (Å²) in [7, 11) is -3.71. The average molecular weight is 434 g/mol. The smallest absolute Gasteiger partial charge is 0.252 e. The Balaban J connectivity index is 1.58. The number of nitrogens with zero attached hydrogens (tertiary/aromatic N) is 2. The van der Waals surface area contributed by atoms with Crippen molar-refractivity contribution < 1.29 is 23.2 Å². The lowest BCUT2D eigenvalue weighted by Gasteiger charge is -2.32. The zero-order valence-electron chi connectivity index (χ0n) is 16.9. The van der Waals surface area contributed by atoms with Gasteiger partial charge in [-0.25, -0.2) is 18.2 Å². The van der Waals surface area contributed by atoms with Crippen molar-refractivity contribution in [1.29, 1.82) is 0 Å². The van der Waals surface area contributed by atoms with Crippen molar-refractivity contribution in [3.63, 3.8) is 0 Å². The Morgan fingerprint density at radius 3 is 2.63 bits per heavy atom. The Morgan fingerprint density at radius 2 is 2.00 bits per heavy atom. The van der Waals surface area contributed by atoms with Crippen LogP contribution in [0.5, 0.6) is 0 Å². The van der Waals surface area contributed by atoms with E-state index in [4.69, 9.17) is 9.94 Å². The van der Waals surface area contributed by atoms with Gasteiger partial charge in [-0.3, -0.25) is 15.0 Å². The van der Waals surface area contributed by atoms with Crippen molar-refractivity contribution >= 4 is 15.9 Å². The third-order valence-corrected chi connectivity index (χ3v) is 7.33. The number of amides is 1. The van der Waals surface area contributed by atoms with E-state index in [1.807, 2.05) is 31.2 Å². The summed E-state index contributed by atoms with van der Waals surface area (Å²) in [6.07, 6.45) is 4.14. The molecule has 1 aromatic carbocycles. The number of ether oxygens (including phenoxy) is 1. The summed E-state index contributed by atoms with van der Waals surface area (Å²) in [5.41, 5.74) is 4.29. The molecule has 8 nitrogen and oxygen atoms in total. The molecule has 1 aliphatic heterocycles. The van der Waals surface area contributed by atoms with E-state index in [2.05, 4.69) is 4.98 Å². The standard InChI is InChI=1S/C21H27N3O5S/c1-16-5-2-3-6-18(16)14-29-19-8-11-24(12-9-19)30(27,28)15-20(21(25)23-26)17-7-4-10-22-13-17/h2-7,10,13,19-20,26H,8-9,11-12,14-15H2,1H3,(H,23,25)/t20-/m1/s1. The van der Waals surface area contributed by atoms with E-state index in [9.17, 15) is 13.2 Å².